The largest absolute Gasteiger partial charge is 0.504 e. The summed E-state index contributed by atoms with van der Waals surface area (Å²) < 4.78 is 5.05. The third kappa shape index (κ3) is 2.71. The fourth-order valence-corrected chi connectivity index (χ4v) is 3.48. The summed E-state index contributed by atoms with van der Waals surface area (Å²) in [6.45, 7) is 0. The molecule has 140 valence electrons. The summed E-state index contributed by atoms with van der Waals surface area (Å²) in [7, 11) is 1.45. The van der Waals surface area contributed by atoms with Crippen LogP contribution < -0.4 is 10.2 Å². The predicted molar refractivity (Wildman–Crippen MR) is 105 cm³/mol. The first-order valence-electron chi connectivity index (χ1n) is 8.68. The number of phenolic OH excluding ortho intramolecular Hbond substituents is 1. The summed E-state index contributed by atoms with van der Waals surface area (Å²) in [5, 5.41) is 24.9. The van der Waals surface area contributed by atoms with E-state index in [1.54, 1.807) is 36.4 Å². The molecule has 0 fully saturated rings. The normalized spacial score (nSPS) is 13.8. The molecule has 0 radical (unpaired) electrons. The molecule has 1 aliphatic rings. The van der Waals surface area contributed by atoms with Crippen molar-refractivity contribution in [1.29, 1.82) is 0 Å². The molecule has 0 spiro atoms. The van der Waals surface area contributed by atoms with Crippen molar-refractivity contribution in [3.8, 4) is 22.6 Å². The highest BCUT2D eigenvalue weighted by Crippen LogP contribution is 2.47. The molecule has 6 heteroatoms. The number of hydrogen-bond acceptors (Lipinski definition) is 5. The van der Waals surface area contributed by atoms with Crippen LogP contribution >= 0.6 is 0 Å². The van der Waals surface area contributed by atoms with Gasteiger partial charge in [-0.25, -0.2) is 5.43 Å². The molecule has 0 saturated heterocycles. The van der Waals surface area contributed by atoms with Gasteiger partial charge in [0.15, 0.2) is 17.1 Å². The molecule has 0 unspecified atom stereocenters. The molecule has 6 nitrogen and oxygen atoms in total. The molecule has 3 aromatic rings. The number of aliphatic hydroxyl groups is 1. The number of benzene rings is 3. The Hall–Kier alpha value is -3.64. The Balaban J connectivity index is 1.63. The molecule has 0 heterocycles. The third-order valence-corrected chi connectivity index (χ3v) is 4.84. The van der Waals surface area contributed by atoms with Gasteiger partial charge in [-0.2, -0.15) is 5.10 Å². The SMILES string of the molecule is COc1cc(/C=N\NC(=O)C2(O)c3ccccc3-c3ccccc32)ccc1O. The first kappa shape index (κ1) is 17.8. The number of nitrogens with zero attached hydrogens (tertiary/aromatic N) is 1. The Morgan fingerprint density at radius 1 is 1.04 bits per heavy atom. The lowest BCUT2D eigenvalue weighted by Crippen LogP contribution is -2.42. The second kappa shape index (κ2) is 6.83. The fourth-order valence-electron chi connectivity index (χ4n) is 3.48. The minimum Gasteiger partial charge on any atom is -0.504 e. The molecule has 3 N–H and O–H groups in total. The van der Waals surface area contributed by atoms with Gasteiger partial charge in [0.1, 0.15) is 0 Å². The average Bonchev–Trinajstić information content (AvgIpc) is 3.00. The van der Waals surface area contributed by atoms with Crippen molar-refractivity contribution in [3.63, 3.8) is 0 Å². The van der Waals surface area contributed by atoms with Crippen LogP contribution in [0.1, 0.15) is 16.7 Å². The number of ether oxygens (including phenoxy) is 1. The van der Waals surface area contributed by atoms with E-state index in [1.165, 1.54) is 19.4 Å². The number of rotatable bonds is 4. The van der Waals surface area contributed by atoms with E-state index in [0.29, 0.717) is 22.4 Å². The summed E-state index contributed by atoms with van der Waals surface area (Å²) in [6.07, 6.45) is 1.41. The maximum absolute atomic E-state index is 12.9. The highest BCUT2D eigenvalue weighted by atomic mass is 16.5. The van der Waals surface area contributed by atoms with Crippen LogP contribution in [0.25, 0.3) is 11.1 Å². The van der Waals surface area contributed by atoms with Crippen LogP contribution in [-0.4, -0.2) is 29.4 Å². The van der Waals surface area contributed by atoms with Gasteiger partial charge in [0.25, 0.3) is 5.91 Å². The van der Waals surface area contributed by atoms with Crippen LogP contribution in [-0.2, 0) is 10.4 Å². The second-order valence-electron chi connectivity index (χ2n) is 6.43. The van der Waals surface area contributed by atoms with Crippen molar-refractivity contribution < 1.29 is 19.7 Å². The maximum atomic E-state index is 12.9. The van der Waals surface area contributed by atoms with E-state index in [0.717, 1.165) is 11.1 Å². The van der Waals surface area contributed by atoms with Gasteiger partial charge in [0.05, 0.1) is 13.3 Å². The first-order chi connectivity index (χ1) is 13.6. The lowest BCUT2D eigenvalue weighted by molar-refractivity contribution is -0.136. The monoisotopic (exact) mass is 374 g/mol. The van der Waals surface area contributed by atoms with Gasteiger partial charge in [-0.05, 0) is 34.9 Å². The van der Waals surface area contributed by atoms with Crippen molar-refractivity contribution >= 4 is 12.1 Å². The molecular formula is C22H18N2O4. The zero-order valence-electron chi connectivity index (χ0n) is 15.1. The molecule has 0 atom stereocenters. The van der Waals surface area contributed by atoms with Crippen molar-refractivity contribution in [2.75, 3.05) is 7.11 Å². The summed E-state index contributed by atoms with van der Waals surface area (Å²) in [5.41, 5.74) is 3.91. The molecule has 0 bridgehead atoms. The minimum atomic E-state index is -1.82. The number of carbonyl (C=O) groups excluding carboxylic acids is 1. The van der Waals surface area contributed by atoms with E-state index in [1.807, 2.05) is 24.3 Å². The molecule has 0 saturated carbocycles. The highest BCUT2D eigenvalue weighted by Gasteiger charge is 2.47. The van der Waals surface area contributed by atoms with Crippen LogP contribution in [0, 0.1) is 0 Å². The van der Waals surface area contributed by atoms with Crippen LogP contribution in [0.5, 0.6) is 11.5 Å². The van der Waals surface area contributed by atoms with Gasteiger partial charge in [-0.1, -0.05) is 48.5 Å². The van der Waals surface area contributed by atoms with Gasteiger partial charge in [0, 0.05) is 11.1 Å². The zero-order chi connectivity index (χ0) is 19.7. The quantitative estimate of drug-likeness (QED) is 0.484. The van der Waals surface area contributed by atoms with E-state index in [4.69, 9.17) is 4.74 Å². The standard InChI is InChI=1S/C22H18N2O4/c1-28-20-12-14(10-11-19(20)25)13-23-24-21(26)22(27)17-8-4-2-6-15(17)16-7-3-5-9-18(16)22/h2-13,25,27H,1H3,(H,24,26)/b23-13-. The van der Waals surface area contributed by atoms with Crippen molar-refractivity contribution in [1.82, 2.24) is 5.43 Å². The predicted octanol–water partition coefficient (Wildman–Crippen LogP) is 2.77. The maximum Gasteiger partial charge on any atom is 0.281 e. The first-order valence-corrected chi connectivity index (χ1v) is 8.68. The van der Waals surface area contributed by atoms with Gasteiger partial charge in [-0.15, -0.1) is 0 Å². The lowest BCUT2D eigenvalue weighted by atomic mass is 9.91. The number of carbonyl (C=O) groups is 1. The van der Waals surface area contributed by atoms with Crippen molar-refractivity contribution in [3.05, 3.63) is 83.4 Å². The van der Waals surface area contributed by atoms with Crippen LogP contribution in [0.2, 0.25) is 0 Å². The topological polar surface area (TPSA) is 91.2 Å². The molecule has 28 heavy (non-hydrogen) atoms. The number of phenols is 1. The Labute approximate surface area is 161 Å². The zero-order valence-corrected chi connectivity index (χ0v) is 15.1. The second-order valence-corrected chi connectivity index (χ2v) is 6.43. The molecule has 4 rings (SSSR count). The number of methoxy groups -OCH3 is 1. The summed E-state index contributed by atoms with van der Waals surface area (Å²) >= 11 is 0. The third-order valence-electron chi connectivity index (χ3n) is 4.84. The summed E-state index contributed by atoms with van der Waals surface area (Å²) in [5.74, 6) is -0.336. The molecular weight excluding hydrogens is 356 g/mol. The smallest absolute Gasteiger partial charge is 0.281 e. The minimum absolute atomic E-state index is 0.0113. The van der Waals surface area contributed by atoms with Crippen LogP contribution in [0.3, 0.4) is 0 Å². The molecule has 0 aliphatic heterocycles. The van der Waals surface area contributed by atoms with Crippen molar-refractivity contribution in [2.45, 2.75) is 5.60 Å². The fraction of sp³-hybridized carbons (Fsp3) is 0.0909. The van der Waals surface area contributed by atoms with E-state index in [-0.39, 0.29) is 5.75 Å². The Kier molecular flexibility index (Phi) is 4.33. The molecule has 1 amide bonds. The van der Waals surface area contributed by atoms with E-state index in [9.17, 15) is 15.0 Å². The van der Waals surface area contributed by atoms with Crippen molar-refractivity contribution in [2.24, 2.45) is 5.10 Å². The summed E-state index contributed by atoms with van der Waals surface area (Å²) in [4.78, 5) is 12.9. The summed E-state index contributed by atoms with van der Waals surface area (Å²) in [6, 6.07) is 19.2. The lowest BCUT2D eigenvalue weighted by Gasteiger charge is -2.23. The van der Waals surface area contributed by atoms with Gasteiger partial charge < -0.3 is 14.9 Å². The van der Waals surface area contributed by atoms with Crippen LogP contribution in [0.4, 0.5) is 0 Å². The molecule has 3 aromatic carbocycles. The highest BCUT2D eigenvalue weighted by molar-refractivity contribution is 5.99. The number of hydrazone groups is 1. The average molecular weight is 374 g/mol. The number of aromatic hydroxyl groups is 1. The van der Waals surface area contributed by atoms with E-state index >= 15 is 0 Å². The van der Waals surface area contributed by atoms with Gasteiger partial charge in [-0.3, -0.25) is 4.79 Å². The van der Waals surface area contributed by atoms with Gasteiger partial charge in [0.2, 0.25) is 0 Å². The Bertz CT molecular complexity index is 1050. The van der Waals surface area contributed by atoms with E-state index < -0.39 is 11.5 Å². The van der Waals surface area contributed by atoms with E-state index in [2.05, 4.69) is 10.5 Å². The number of hydrogen-bond donors (Lipinski definition) is 3. The molecule has 0 aromatic heterocycles. The van der Waals surface area contributed by atoms with Gasteiger partial charge >= 0.3 is 0 Å². The number of amides is 1. The number of nitrogens with one attached hydrogen (secondary N) is 1. The number of fused-ring (bicyclic) bond motifs is 3. The molecule has 1 aliphatic carbocycles. The van der Waals surface area contributed by atoms with Crippen LogP contribution in [0.15, 0.2) is 71.8 Å². The Morgan fingerprint density at radius 2 is 1.64 bits per heavy atom. The Morgan fingerprint density at radius 3 is 2.25 bits per heavy atom.